The van der Waals surface area contributed by atoms with Crippen LogP contribution in [-0.2, 0) is 28.5 Å². The van der Waals surface area contributed by atoms with Crippen molar-refractivity contribution in [1.82, 2.24) is 0 Å². The van der Waals surface area contributed by atoms with E-state index >= 15 is 0 Å². The number of hydrogen-bond donors (Lipinski definition) is 8. The van der Waals surface area contributed by atoms with Crippen molar-refractivity contribution in [3.8, 4) is 0 Å². The zero-order chi connectivity index (χ0) is 34.6. The normalized spacial score (nSPS) is 32.4. The van der Waals surface area contributed by atoms with Gasteiger partial charge in [-0.15, -0.1) is 0 Å². The zero-order valence-electron chi connectivity index (χ0n) is 27.2. The molecule has 14 heteroatoms. The Morgan fingerprint density at radius 3 is 1.89 bits per heavy atom. The van der Waals surface area contributed by atoms with Gasteiger partial charge in [-0.25, -0.2) is 0 Å². The molecule has 8 N–H and O–H groups in total. The van der Waals surface area contributed by atoms with Crippen molar-refractivity contribution < 1.29 is 69.3 Å². The summed E-state index contributed by atoms with van der Waals surface area (Å²) in [6, 6.07) is 0. The van der Waals surface area contributed by atoms with Crippen molar-refractivity contribution in [2.45, 2.75) is 139 Å². The van der Waals surface area contributed by atoms with Crippen molar-refractivity contribution in [3.05, 3.63) is 36.5 Å². The van der Waals surface area contributed by atoms with E-state index in [2.05, 4.69) is 43.4 Å². The van der Waals surface area contributed by atoms with Crippen LogP contribution in [0.5, 0.6) is 0 Å². The third-order valence-corrected chi connectivity index (χ3v) is 7.86. The van der Waals surface area contributed by atoms with E-state index in [-0.39, 0.29) is 13.0 Å². The lowest BCUT2D eigenvalue weighted by molar-refractivity contribution is -0.332. The number of unbranched alkanes of at least 4 members (excludes halogenated alkanes) is 5. The van der Waals surface area contributed by atoms with Crippen LogP contribution in [-0.4, -0.2) is 141 Å². The maximum Gasteiger partial charge on any atom is 0.305 e. The highest BCUT2D eigenvalue weighted by Gasteiger charge is 2.47. The number of aliphatic hydroxyl groups excluding tert-OH is 8. The Labute approximate surface area is 276 Å². The van der Waals surface area contributed by atoms with E-state index in [9.17, 15) is 45.6 Å². The monoisotopic (exact) mass is 676 g/mol. The van der Waals surface area contributed by atoms with E-state index in [0.29, 0.717) is 6.42 Å². The van der Waals surface area contributed by atoms with Gasteiger partial charge in [0, 0.05) is 6.42 Å². The first kappa shape index (κ1) is 41.4. The summed E-state index contributed by atoms with van der Waals surface area (Å²) in [4.78, 5) is 12.1. The number of ether oxygens (including phenoxy) is 5. The summed E-state index contributed by atoms with van der Waals surface area (Å²) in [7, 11) is 0. The molecule has 2 aliphatic heterocycles. The van der Waals surface area contributed by atoms with Gasteiger partial charge in [-0.2, -0.15) is 0 Å². The van der Waals surface area contributed by atoms with E-state index in [4.69, 9.17) is 23.7 Å². The summed E-state index contributed by atoms with van der Waals surface area (Å²) in [5, 5.41) is 80.3. The smallest absolute Gasteiger partial charge is 0.305 e. The molecule has 0 bridgehead atoms. The van der Waals surface area contributed by atoms with Gasteiger partial charge >= 0.3 is 5.97 Å². The molecule has 0 unspecified atom stereocenters. The average molecular weight is 677 g/mol. The van der Waals surface area contributed by atoms with Crippen LogP contribution in [0, 0.1) is 0 Å². The van der Waals surface area contributed by atoms with Crippen LogP contribution in [0.4, 0.5) is 0 Å². The third kappa shape index (κ3) is 15.1. The number of carbonyl (C=O) groups excluding carboxylic acids is 1. The third-order valence-electron chi connectivity index (χ3n) is 7.86. The van der Waals surface area contributed by atoms with Crippen molar-refractivity contribution in [1.29, 1.82) is 0 Å². The lowest BCUT2D eigenvalue weighted by Gasteiger charge is -2.42. The fourth-order valence-electron chi connectivity index (χ4n) is 4.99. The summed E-state index contributed by atoms with van der Waals surface area (Å²) in [5.41, 5.74) is 0. The molecule has 47 heavy (non-hydrogen) atoms. The van der Waals surface area contributed by atoms with Crippen LogP contribution < -0.4 is 0 Å². The first-order valence-electron chi connectivity index (χ1n) is 16.6. The number of hydrogen-bond acceptors (Lipinski definition) is 14. The van der Waals surface area contributed by atoms with E-state index in [0.717, 1.165) is 51.4 Å². The molecule has 2 heterocycles. The van der Waals surface area contributed by atoms with E-state index in [1.807, 2.05) is 0 Å². The molecule has 2 aliphatic rings. The second-order valence-corrected chi connectivity index (χ2v) is 11.8. The van der Waals surface area contributed by atoms with Gasteiger partial charge < -0.3 is 64.5 Å². The second kappa shape index (κ2) is 23.5. The lowest BCUT2D eigenvalue weighted by Crippen LogP contribution is -2.61. The maximum absolute atomic E-state index is 12.1. The largest absolute Gasteiger partial charge is 0.463 e. The average Bonchev–Trinajstić information content (AvgIpc) is 3.06. The molecule has 0 aromatic heterocycles. The zero-order valence-corrected chi connectivity index (χ0v) is 27.2. The quantitative estimate of drug-likeness (QED) is 0.0433. The lowest BCUT2D eigenvalue weighted by atomic mass is 9.98. The minimum absolute atomic E-state index is 0.220. The molecule has 0 radical (unpaired) electrons. The molecular weight excluding hydrogens is 620 g/mol. The van der Waals surface area contributed by atoms with Crippen LogP contribution in [0.25, 0.3) is 0 Å². The molecule has 2 fully saturated rings. The minimum atomic E-state index is -1.73. The fraction of sp³-hybridized carbons (Fsp3) is 0.788. The first-order chi connectivity index (χ1) is 22.6. The van der Waals surface area contributed by atoms with Crippen molar-refractivity contribution in [2.75, 3.05) is 26.4 Å². The Balaban J connectivity index is 1.59. The van der Waals surface area contributed by atoms with Gasteiger partial charge in [-0.3, -0.25) is 4.79 Å². The molecule has 0 aliphatic carbocycles. The Kier molecular flexibility index (Phi) is 20.7. The number of rotatable bonds is 22. The first-order valence-corrected chi connectivity index (χ1v) is 16.6. The van der Waals surface area contributed by atoms with Crippen LogP contribution >= 0.6 is 0 Å². The summed E-state index contributed by atoms with van der Waals surface area (Å²) >= 11 is 0. The van der Waals surface area contributed by atoms with Crippen LogP contribution in [0.15, 0.2) is 36.5 Å². The SMILES string of the molecule is CC/C=C\C/C=C\C/C=C\CCCCCCCC(=O)OC[C@H](O)CO[C@@H]1O[C@H](CO[C@@H]2O[C@H](CO)[C@@H](O)[C@H](O)[C@H]2O)[C@H](O)[C@H](O)[C@H]1O. The van der Waals surface area contributed by atoms with Gasteiger partial charge in [0.05, 0.1) is 19.8 Å². The Morgan fingerprint density at radius 1 is 0.681 bits per heavy atom. The molecule has 11 atom stereocenters. The molecule has 0 saturated carbocycles. The minimum Gasteiger partial charge on any atom is -0.463 e. The molecule has 0 spiro atoms. The predicted octanol–water partition coefficient (Wildman–Crippen LogP) is 0.121. The van der Waals surface area contributed by atoms with Crippen molar-refractivity contribution in [2.24, 2.45) is 0 Å². The van der Waals surface area contributed by atoms with Crippen LogP contribution in [0.1, 0.15) is 71.1 Å². The summed E-state index contributed by atoms with van der Waals surface area (Å²) < 4.78 is 26.6. The Morgan fingerprint density at radius 2 is 1.23 bits per heavy atom. The number of esters is 1. The summed E-state index contributed by atoms with van der Waals surface area (Å²) in [6.45, 7) is 0.155. The number of aliphatic hydroxyl groups is 8. The van der Waals surface area contributed by atoms with E-state index < -0.39 is 93.3 Å². The Bertz CT molecular complexity index is 927. The van der Waals surface area contributed by atoms with Crippen LogP contribution in [0.2, 0.25) is 0 Å². The fourth-order valence-corrected chi connectivity index (χ4v) is 4.99. The van der Waals surface area contributed by atoms with Gasteiger partial charge in [0.15, 0.2) is 12.6 Å². The predicted molar refractivity (Wildman–Crippen MR) is 169 cm³/mol. The molecule has 272 valence electrons. The van der Waals surface area contributed by atoms with Gasteiger partial charge in [0.1, 0.15) is 61.5 Å². The maximum atomic E-state index is 12.1. The van der Waals surface area contributed by atoms with Crippen LogP contribution in [0.3, 0.4) is 0 Å². The molecule has 2 rings (SSSR count). The highest BCUT2D eigenvalue weighted by molar-refractivity contribution is 5.69. The molecular formula is C33H56O14. The van der Waals surface area contributed by atoms with Gasteiger partial charge in [-0.05, 0) is 38.5 Å². The van der Waals surface area contributed by atoms with Crippen molar-refractivity contribution >= 4 is 5.97 Å². The van der Waals surface area contributed by atoms with Gasteiger partial charge in [0.2, 0.25) is 0 Å². The highest BCUT2D eigenvalue weighted by atomic mass is 16.7. The molecule has 0 aromatic rings. The molecule has 0 aromatic carbocycles. The van der Waals surface area contributed by atoms with E-state index in [1.54, 1.807) is 0 Å². The van der Waals surface area contributed by atoms with Crippen molar-refractivity contribution in [3.63, 3.8) is 0 Å². The second-order valence-electron chi connectivity index (χ2n) is 11.8. The molecule has 14 nitrogen and oxygen atoms in total. The molecule has 2 saturated heterocycles. The Hall–Kier alpha value is -1.79. The van der Waals surface area contributed by atoms with Gasteiger partial charge in [0.25, 0.3) is 0 Å². The number of carbonyl (C=O) groups is 1. The molecule has 0 amide bonds. The topological polar surface area (TPSA) is 225 Å². The standard InChI is InChI=1S/C33H56O14/c1-2-3-4-5-6-7-8-9-10-11-12-13-14-15-16-17-25(36)43-19-22(35)20-44-32-31(42)29(40)27(38)24(47-32)21-45-33-30(41)28(39)26(37)23(18-34)46-33/h3-4,6-7,9-10,22-24,26-35,37-42H,2,5,8,11-21H2,1H3/b4-3-,7-6-,10-9-/t22-,23+,24+,26+,27-,28-,29-,30+,31+,32+,33+/m0/s1. The summed E-state index contributed by atoms with van der Waals surface area (Å²) in [5.74, 6) is -0.455. The van der Waals surface area contributed by atoms with Gasteiger partial charge in [-0.1, -0.05) is 62.6 Å². The summed E-state index contributed by atoms with van der Waals surface area (Å²) in [6.07, 6.45) is 5.21. The van der Waals surface area contributed by atoms with E-state index in [1.165, 1.54) is 0 Å². The number of allylic oxidation sites excluding steroid dienone is 6. The highest BCUT2D eigenvalue weighted by Crippen LogP contribution is 2.26.